The molecular weight excluding hydrogens is 434 g/mol. The van der Waals surface area contributed by atoms with Crippen LogP contribution in [-0.2, 0) is 14.3 Å². The molecule has 1 saturated heterocycles. The Morgan fingerprint density at radius 3 is 2.56 bits per heavy atom. The number of nitrogens with one attached hydrogen (secondary N) is 1. The minimum Gasteiger partial charge on any atom is -0.466 e. The van der Waals surface area contributed by atoms with Crippen molar-refractivity contribution in [2.45, 2.75) is 39.7 Å². The lowest BCUT2D eigenvalue weighted by atomic mass is 9.95. The highest BCUT2D eigenvalue weighted by Crippen LogP contribution is 2.28. The van der Waals surface area contributed by atoms with Crippen LogP contribution in [0.3, 0.4) is 0 Å². The third kappa shape index (κ3) is 5.48. The van der Waals surface area contributed by atoms with Crippen LogP contribution in [0, 0.1) is 11.8 Å². The maximum absolute atomic E-state index is 13.1. The molecule has 3 rings (SSSR count). The zero-order valence-corrected chi connectivity index (χ0v) is 19.2. The van der Waals surface area contributed by atoms with Crippen molar-refractivity contribution in [2.75, 3.05) is 19.7 Å². The Bertz CT molecular complexity index is 966. The number of rotatable bonds is 7. The highest BCUT2D eigenvalue weighted by molar-refractivity contribution is 6.33. The van der Waals surface area contributed by atoms with Crippen LogP contribution in [0.25, 0.3) is 11.3 Å². The van der Waals surface area contributed by atoms with Crippen LogP contribution >= 0.6 is 11.6 Å². The van der Waals surface area contributed by atoms with E-state index in [-0.39, 0.29) is 29.4 Å². The Labute approximate surface area is 192 Å². The number of likely N-dealkylation sites (tertiary alicyclic amines) is 1. The largest absolute Gasteiger partial charge is 0.466 e. The number of amides is 2. The summed E-state index contributed by atoms with van der Waals surface area (Å²) in [5, 5.41) is 7.11. The van der Waals surface area contributed by atoms with Crippen LogP contribution in [0.15, 0.2) is 34.9 Å². The molecule has 172 valence electrons. The number of carbonyl (C=O) groups is 3. The van der Waals surface area contributed by atoms with Gasteiger partial charge >= 0.3 is 5.97 Å². The summed E-state index contributed by atoms with van der Waals surface area (Å²) >= 11 is 6.18. The van der Waals surface area contributed by atoms with E-state index in [4.69, 9.17) is 20.9 Å². The zero-order chi connectivity index (χ0) is 23.3. The summed E-state index contributed by atoms with van der Waals surface area (Å²) in [5.74, 6) is -0.845. The first kappa shape index (κ1) is 23.8. The van der Waals surface area contributed by atoms with Crippen molar-refractivity contribution in [2.24, 2.45) is 11.8 Å². The topological polar surface area (TPSA) is 102 Å². The van der Waals surface area contributed by atoms with Crippen LogP contribution < -0.4 is 5.32 Å². The second-order valence-corrected chi connectivity index (χ2v) is 8.51. The molecule has 1 aliphatic heterocycles. The van der Waals surface area contributed by atoms with E-state index in [1.807, 2.05) is 19.9 Å². The number of benzene rings is 1. The summed E-state index contributed by atoms with van der Waals surface area (Å²) in [6, 6.07) is 7.88. The van der Waals surface area contributed by atoms with Gasteiger partial charge in [-0.05, 0) is 37.8 Å². The molecule has 1 aromatic carbocycles. The number of nitrogens with zero attached hydrogens (tertiary/aromatic N) is 2. The summed E-state index contributed by atoms with van der Waals surface area (Å²) in [6.07, 6.45) is 1.10. The number of ether oxygens (including phenoxy) is 1. The van der Waals surface area contributed by atoms with Crippen LogP contribution in [0.2, 0.25) is 5.02 Å². The van der Waals surface area contributed by atoms with Gasteiger partial charge in [0, 0.05) is 24.7 Å². The van der Waals surface area contributed by atoms with Crippen molar-refractivity contribution in [1.29, 1.82) is 0 Å². The number of esters is 1. The fourth-order valence-electron chi connectivity index (χ4n) is 3.69. The number of halogens is 1. The van der Waals surface area contributed by atoms with Gasteiger partial charge in [-0.25, -0.2) is 0 Å². The van der Waals surface area contributed by atoms with E-state index in [1.54, 1.807) is 30.0 Å². The van der Waals surface area contributed by atoms with Gasteiger partial charge in [0.15, 0.2) is 11.5 Å². The predicted octanol–water partition coefficient (Wildman–Crippen LogP) is 3.55. The third-order valence-corrected chi connectivity index (χ3v) is 5.86. The summed E-state index contributed by atoms with van der Waals surface area (Å²) in [7, 11) is 0. The first-order valence-corrected chi connectivity index (χ1v) is 11.2. The highest BCUT2D eigenvalue weighted by atomic mass is 35.5. The van der Waals surface area contributed by atoms with Crippen LogP contribution in [0.1, 0.15) is 44.1 Å². The SMILES string of the molecule is CCOC(=O)C1CCN(C(=O)C(NC(=O)c2cc(-c3ccccc3Cl)on2)C(C)C)CC1. The number of piperidine rings is 1. The minimum absolute atomic E-state index is 0.0689. The van der Waals surface area contributed by atoms with E-state index >= 15 is 0 Å². The van der Waals surface area contributed by atoms with Crippen molar-refractivity contribution in [1.82, 2.24) is 15.4 Å². The quantitative estimate of drug-likeness (QED) is 0.632. The molecule has 1 N–H and O–H groups in total. The number of aromatic nitrogens is 1. The fourth-order valence-corrected chi connectivity index (χ4v) is 3.92. The van der Waals surface area contributed by atoms with Crippen LogP contribution in [0.5, 0.6) is 0 Å². The maximum Gasteiger partial charge on any atom is 0.309 e. The second-order valence-electron chi connectivity index (χ2n) is 8.10. The molecule has 9 heteroatoms. The summed E-state index contributed by atoms with van der Waals surface area (Å²) in [5.41, 5.74) is 0.695. The van der Waals surface area contributed by atoms with Gasteiger partial charge in [-0.2, -0.15) is 0 Å². The monoisotopic (exact) mass is 461 g/mol. The lowest BCUT2D eigenvalue weighted by Gasteiger charge is -2.34. The van der Waals surface area contributed by atoms with E-state index in [2.05, 4.69) is 10.5 Å². The number of hydrogen-bond donors (Lipinski definition) is 1. The van der Waals surface area contributed by atoms with E-state index in [0.29, 0.717) is 48.9 Å². The van der Waals surface area contributed by atoms with Crippen molar-refractivity contribution in [3.8, 4) is 11.3 Å². The van der Waals surface area contributed by atoms with Gasteiger partial charge in [-0.15, -0.1) is 0 Å². The Balaban J connectivity index is 1.64. The van der Waals surface area contributed by atoms with Gasteiger partial charge in [0.05, 0.1) is 17.5 Å². The zero-order valence-electron chi connectivity index (χ0n) is 18.5. The van der Waals surface area contributed by atoms with Gasteiger partial charge in [0.25, 0.3) is 5.91 Å². The van der Waals surface area contributed by atoms with Crippen molar-refractivity contribution in [3.63, 3.8) is 0 Å². The molecule has 1 fully saturated rings. The third-order valence-electron chi connectivity index (χ3n) is 5.53. The Morgan fingerprint density at radius 1 is 1.25 bits per heavy atom. The standard InChI is InChI=1S/C23H28ClN3O5/c1-4-31-23(30)15-9-11-27(12-10-15)22(29)20(14(2)3)25-21(28)18-13-19(32-26-18)16-7-5-6-8-17(16)24/h5-8,13-15,20H,4,9-12H2,1-3H3,(H,25,28). The molecule has 2 amide bonds. The molecule has 1 aromatic heterocycles. The Kier molecular flexibility index (Phi) is 7.90. The fraction of sp³-hybridized carbons (Fsp3) is 0.478. The van der Waals surface area contributed by atoms with Gasteiger partial charge in [-0.1, -0.05) is 42.7 Å². The van der Waals surface area contributed by atoms with Crippen molar-refractivity contribution < 1.29 is 23.6 Å². The molecule has 0 saturated carbocycles. The number of hydrogen-bond acceptors (Lipinski definition) is 6. The Morgan fingerprint density at radius 2 is 1.94 bits per heavy atom. The lowest BCUT2D eigenvalue weighted by Crippen LogP contribution is -2.53. The van der Waals surface area contributed by atoms with Gasteiger partial charge < -0.3 is 19.5 Å². The first-order chi connectivity index (χ1) is 15.3. The van der Waals surface area contributed by atoms with Crippen molar-refractivity contribution in [3.05, 3.63) is 41.0 Å². The Hall–Kier alpha value is -2.87. The number of carbonyl (C=O) groups excluding carboxylic acids is 3. The van der Waals surface area contributed by atoms with Crippen LogP contribution in [0.4, 0.5) is 0 Å². The average molecular weight is 462 g/mol. The van der Waals surface area contributed by atoms with E-state index in [9.17, 15) is 14.4 Å². The molecule has 2 heterocycles. The summed E-state index contributed by atoms with van der Waals surface area (Å²) in [4.78, 5) is 39.5. The van der Waals surface area contributed by atoms with Gasteiger partial charge in [0.1, 0.15) is 6.04 Å². The minimum atomic E-state index is -0.720. The molecule has 8 nitrogen and oxygen atoms in total. The molecule has 0 spiro atoms. The second kappa shape index (κ2) is 10.6. The molecular formula is C23H28ClN3O5. The molecule has 2 aromatic rings. The van der Waals surface area contributed by atoms with E-state index in [1.165, 1.54) is 6.07 Å². The first-order valence-electron chi connectivity index (χ1n) is 10.8. The predicted molar refractivity (Wildman–Crippen MR) is 119 cm³/mol. The highest BCUT2D eigenvalue weighted by Gasteiger charge is 2.34. The molecule has 1 atom stereocenters. The molecule has 0 bridgehead atoms. The van der Waals surface area contributed by atoms with E-state index < -0.39 is 11.9 Å². The van der Waals surface area contributed by atoms with Crippen molar-refractivity contribution >= 4 is 29.4 Å². The molecule has 1 unspecified atom stereocenters. The smallest absolute Gasteiger partial charge is 0.309 e. The molecule has 0 radical (unpaired) electrons. The molecule has 1 aliphatic rings. The summed E-state index contributed by atoms with van der Waals surface area (Å²) in [6.45, 7) is 6.75. The molecule has 0 aliphatic carbocycles. The lowest BCUT2D eigenvalue weighted by molar-refractivity contribution is -0.151. The molecule has 32 heavy (non-hydrogen) atoms. The summed E-state index contributed by atoms with van der Waals surface area (Å²) < 4.78 is 10.4. The average Bonchev–Trinajstić information content (AvgIpc) is 3.27. The maximum atomic E-state index is 13.1. The normalized spacial score (nSPS) is 15.5. The van der Waals surface area contributed by atoms with Crippen LogP contribution in [-0.4, -0.2) is 53.6 Å². The van der Waals surface area contributed by atoms with E-state index in [0.717, 1.165) is 0 Å². The van der Waals surface area contributed by atoms with Gasteiger partial charge in [-0.3, -0.25) is 14.4 Å². The van der Waals surface area contributed by atoms with Gasteiger partial charge in [0.2, 0.25) is 5.91 Å².